The fourth-order valence-electron chi connectivity index (χ4n) is 1.78. The van der Waals surface area contributed by atoms with E-state index in [1.807, 2.05) is 0 Å². The Morgan fingerprint density at radius 1 is 1.35 bits per heavy atom. The highest BCUT2D eigenvalue weighted by atomic mass is 35.5. The molecule has 0 bridgehead atoms. The van der Waals surface area contributed by atoms with Crippen molar-refractivity contribution < 1.29 is 13.5 Å². The molecule has 1 heterocycles. The number of hydrogen-bond donors (Lipinski definition) is 2. The standard InChI is InChI=1S/C13H15ClN2O3S/c1-2-10(8-17)16-20(18,19)11-4-5-12-9(7-11)3-6-13(14)15-12/h3-7,10,16-17H,2,8H2,1H3/t10-/m0/s1. The lowest BCUT2D eigenvalue weighted by Gasteiger charge is -2.14. The van der Waals surface area contributed by atoms with Crippen LogP contribution in [0.5, 0.6) is 0 Å². The Hall–Kier alpha value is -1.21. The minimum atomic E-state index is -3.66. The van der Waals surface area contributed by atoms with Crippen LogP contribution in [0.15, 0.2) is 35.2 Å². The molecule has 7 heteroatoms. The van der Waals surface area contributed by atoms with Crippen LogP contribution in [-0.4, -0.2) is 31.2 Å². The highest BCUT2D eigenvalue weighted by Gasteiger charge is 2.18. The summed E-state index contributed by atoms with van der Waals surface area (Å²) < 4.78 is 26.9. The molecule has 5 nitrogen and oxygen atoms in total. The van der Waals surface area contributed by atoms with Gasteiger partial charge in [0.2, 0.25) is 10.0 Å². The number of nitrogens with one attached hydrogen (secondary N) is 1. The summed E-state index contributed by atoms with van der Waals surface area (Å²) in [5.41, 5.74) is 0.630. The Kier molecular flexibility index (Phi) is 4.59. The molecule has 2 N–H and O–H groups in total. The number of pyridine rings is 1. The van der Waals surface area contributed by atoms with Crippen molar-refractivity contribution in [3.8, 4) is 0 Å². The molecule has 0 aliphatic rings. The lowest BCUT2D eigenvalue weighted by atomic mass is 10.2. The van der Waals surface area contributed by atoms with Crippen LogP contribution in [0, 0.1) is 0 Å². The summed E-state index contributed by atoms with van der Waals surface area (Å²) in [5, 5.41) is 10.1. The maximum absolute atomic E-state index is 12.2. The summed E-state index contributed by atoms with van der Waals surface area (Å²) >= 11 is 5.79. The van der Waals surface area contributed by atoms with Crippen molar-refractivity contribution in [2.45, 2.75) is 24.3 Å². The lowest BCUT2D eigenvalue weighted by Crippen LogP contribution is -2.36. The van der Waals surface area contributed by atoms with E-state index in [4.69, 9.17) is 16.7 Å². The first-order valence-electron chi connectivity index (χ1n) is 6.16. The molecule has 0 spiro atoms. The van der Waals surface area contributed by atoms with E-state index >= 15 is 0 Å². The monoisotopic (exact) mass is 314 g/mol. The van der Waals surface area contributed by atoms with E-state index < -0.39 is 16.1 Å². The van der Waals surface area contributed by atoms with Crippen molar-refractivity contribution in [1.82, 2.24) is 9.71 Å². The molecule has 0 saturated heterocycles. The van der Waals surface area contributed by atoms with Crippen LogP contribution >= 0.6 is 11.6 Å². The first-order chi connectivity index (χ1) is 9.46. The highest BCUT2D eigenvalue weighted by molar-refractivity contribution is 7.89. The Balaban J connectivity index is 2.39. The van der Waals surface area contributed by atoms with Crippen LogP contribution in [0.4, 0.5) is 0 Å². The predicted molar refractivity (Wildman–Crippen MR) is 78.2 cm³/mol. The van der Waals surface area contributed by atoms with Gasteiger partial charge in [-0.05, 0) is 36.8 Å². The van der Waals surface area contributed by atoms with Gasteiger partial charge in [0.1, 0.15) is 5.15 Å². The minimum absolute atomic E-state index is 0.140. The molecule has 1 aromatic heterocycles. The lowest BCUT2D eigenvalue weighted by molar-refractivity contribution is 0.254. The van der Waals surface area contributed by atoms with Gasteiger partial charge in [-0.2, -0.15) is 0 Å². The van der Waals surface area contributed by atoms with Gasteiger partial charge < -0.3 is 5.11 Å². The number of hydrogen-bond acceptors (Lipinski definition) is 4. The van der Waals surface area contributed by atoms with Gasteiger partial charge in [0, 0.05) is 11.4 Å². The average molecular weight is 315 g/mol. The van der Waals surface area contributed by atoms with Gasteiger partial charge in [-0.3, -0.25) is 0 Å². The SMILES string of the molecule is CC[C@@H](CO)NS(=O)(=O)c1ccc2nc(Cl)ccc2c1. The van der Waals surface area contributed by atoms with E-state index in [0.29, 0.717) is 22.5 Å². The fourth-order valence-corrected chi connectivity index (χ4v) is 3.28. The van der Waals surface area contributed by atoms with Crippen molar-refractivity contribution in [2.75, 3.05) is 6.61 Å². The molecule has 20 heavy (non-hydrogen) atoms. The molecule has 0 saturated carbocycles. The summed E-state index contributed by atoms with van der Waals surface area (Å²) in [6.07, 6.45) is 0.514. The second-order valence-electron chi connectivity index (χ2n) is 4.40. The zero-order valence-electron chi connectivity index (χ0n) is 10.9. The summed E-state index contributed by atoms with van der Waals surface area (Å²) in [6.45, 7) is 1.57. The van der Waals surface area contributed by atoms with Crippen LogP contribution in [0.3, 0.4) is 0 Å². The van der Waals surface area contributed by atoms with Crippen molar-refractivity contribution in [3.05, 3.63) is 35.5 Å². The summed E-state index contributed by atoms with van der Waals surface area (Å²) in [5.74, 6) is 0. The van der Waals surface area contributed by atoms with Crippen LogP contribution in [0.25, 0.3) is 10.9 Å². The largest absolute Gasteiger partial charge is 0.395 e. The van der Waals surface area contributed by atoms with E-state index in [2.05, 4.69) is 9.71 Å². The maximum atomic E-state index is 12.2. The smallest absolute Gasteiger partial charge is 0.240 e. The Labute approximate surface area is 122 Å². The van der Waals surface area contributed by atoms with Gasteiger partial charge in [0.05, 0.1) is 17.0 Å². The van der Waals surface area contributed by atoms with Crippen LogP contribution in [0.1, 0.15) is 13.3 Å². The molecular weight excluding hydrogens is 300 g/mol. The number of aromatic nitrogens is 1. The third kappa shape index (κ3) is 3.27. The second-order valence-corrected chi connectivity index (χ2v) is 6.50. The maximum Gasteiger partial charge on any atom is 0.240 e. The van der Waals surface area contributed by atoms with Gasteiger partial charge in [-0.1, -0.05) is 18.5 Å². The minimum Gasteiger partial charge on any atom is -0.395 e. The third-order valence-corrected chi connectivity index (χ3v) is 4.70. The van der Waals surface area contributed by atoms with Crippen molar-refractivity contribution in [2.24, 2.45) is 0 Å². The molecule has 0 amide bonds. The number of nitrogens with zero attached hydrogens (tertiary/aromatic N) is 1. The number of benzene rings is 1. The van der Waals surface area contributed by atoms with Gasteiger partial charge in [-0.25, -0.2) is 18.1 Å². The fraction of sp³-hybridized carbons (Fsp3) is 0.308. The number of aliphatic hydroxyl groups is 1. The number of sulfonamides is 1. The zero-order valence-corrected chi connectivity index (χ0v) is 12.4. The Bertz CT molecular complexity index is 715. The van der Waals surface area contributed by atoms with E-state index in [1.54, 1.807) is 25.1 Å². The topological polar surface area (TPSA) is 79.3 Å². The molecule has 2 aromatic rings. The predicted octanol–water partition coefficient (Wildman–Crippen LogP) is 1.94. The molecular formula is C13H15ClN2O3S. The molecule has 0 fully saturated rings. The second kappa shape index (κ2) is 6.05. The first kappa shape index (κ1) is 15.2. The molecule has 0 aliphatic heterocycles. The molecule has 1 atom stereocenters. The van der Waals surface area contributed by atoms with Crippen molar-refractivity contribution >= 4 is 32.5 Å². The highest BCUT2D eigenvalue weighted by Crippen LogP contribution is 2.20. The third-order valence-electron chi connectivity index (χ3n) is 2.97. The van der Waals surface area contributed by atoms with Gasteiger partial charge >= 0.3 is 0 Å². The normalized spacial score (nSPS) is 13.6. The van der Waals surface area contributed by atoms with Crippen LogP contribution in [-0.2, 0) is 10.0 Å². The Morgan fingerprint density at radius 2 is 2.10 bits per heavy atom. The van der Waals surface area contributed by atoms with Crippen LogP contribution in [0.2, 0.25) is 5.15 Å². The summed E-state index contributed by atoms with van der Waals surface area (Å²) in [4.78, 5) is 4.24. The van der Waals surface area contributed by atoms with E-state index in [-0.39, 0.29) is 11.5 Å². The number of aliphatic hydroxyl groups excluding tert-OH is 1. The van der Waals surface area contributed by atoms with Gasteiger partial charge in [0.15, 0.2) is 0 Å². The summed E-state index contributed by atoms with van der Waals surface area (Å²) in [6, 6.07) is 7.45. The van der Waals surface area contributed by atoms with Crippen molar-refractivity contribution in [1.29, 1.82) is 0 Å². The van der Waals surface area contributed by atoms with E-state index in [9.17, 15) is 8.42 Å². The van der Waals surface area contributed by atoms with Crippen LogP contribution < -0.4 is 4.72 Å². The molecule has 0 aliphatic carbocycles. The van der Waals surface area contributed by atoms with Crippen molar-refractivity contribution in [3.63, 3.8) is 0 Å². The van der Waals surface area contributed by atoms with E-state index in [0.717, 1.165) is 0 Å². The number of rotatable bonds is 5. The van der Waals surface area contributed by atoms with Gasteiger partial charge in [-0.15, -0.1) is 0 Å². The number of fused-ring (bicyclic) bond motifs is 1. The quantitative estimate of drug-likeness (QED) is 0.827. The molecule has 0 radical (unpaired) electrons. The molecule has 0 unspecified atom stereocenters. The van der Waals surface area contributed by atoms with E-state index in [1.165, 1.54) is 12.1 Å². The Morgan fingerprint density at radius 3 is 2.75 bits per heavy atom. The average Bonchev–Trinajstić information content (AvgIpc) is 2.44. The molecule has 2 rings (SSSR count). The molecule has 1 aromatic carbocycles. The van der Waals surface area contributed by atoms with Gasteiger partial charge in [0.25, 0.3) is 0 Å². The number of halogens is 1. The first-order valence-corrected chi connectivity index (χ1v) is 8.02. The zero-order chi connectivity index (χ0) is 14.8. The summed E-state index contributed by atoms with van der Waals surface area (Å²) in [7, 11) is -3.66. The molecule has 108 valence electrons.